The molecule has 0 aliphatic rings. The van der Waals surface area contributed by atoms with Gasteiger partial charge in [-0.25, -0.2) is 0 Å². The van der Waals surface area contributed by atoms with E-state index in [0.717, 1.165) is 77.0 Å². The average molecular weight is 559 g/mol. The normalized spacial score (nSPS) is 12.8. The van der Waals surface area contributed by atoms with Crippen LogP contribution in [-0.4, -0.2) is 23.1 Å². The predicted molar refractivity (Wildman–Crippen MR) is 172 cm³/mol. The molecule has 230 valence electrons. The van der Waals surface area contributed by atoms with Gasteiger partial charge in [-0.1, -0.05) is 121 Å². The zero-order valence-electron chi connectivity index (χ0n) is 26.1. The molecule has 0 aromatic heterocycles. The van der Waals surface area contributed by atoms with Crippen LogP contribution in [0.4, 0.5) is 0 Å². The number of hydrogen-bond acceptors (Lipinski definition) is 3. The Morgan fingerprint density at radius 1 is 0.600 bits per heavy atom. The van der Waals surface area contributed by atoms with E-state index in [2.05, 4.69) is 62.5 Å². The summed E-state index contributed by atoms with van der Waals surface area (Å²) in [5.41, 5.74) is 0. The number of aliphatic carboxylic acids is 1. The van der Waals surface area contributed by atoms with Crippen LogP contribution in [0.25, 0.3) is 0 Å². The Kier molecular flexibility index (Phi) is 29.8. The van der Waals surface area contributed by atoms with E-state index < -0.39 is 5.97 Å². The Morgan fingerprint density at radius 2 is 1.12 bits per heavy atom. The second-order valence-corrected chi connectivity index (χ2v) is 11.0. The van der Waals surface area contributed by atoms with Gasteiger partial charge in [-0.2, -0.15) is 0 Å². The van der Waals surface area contributed by atoms with Crippen molar-refractivity contribution in [2.75, 3.05) is 0 Å². The number of rotatable bonds is 29. The number of carbonyl (C=O) groups is 2. The summed E-state index contributed by atoms with van der Waals surface area (Å²) in [6.45, 7) is 4.39. The van der Waals surface area contributed by atoms with Crippen LogP contribution in [0.15, 0.2) is 48.6 Å². The molecular formula is C36H62O4. The van der Waals surface area contributed by atoms with Gasteiger partial charge in [0.25, 0.3) is 0 Å². The van der Waals surface area contributed by atoms with Crippen LogP contribution in [0.1, 0.15) is 162 Å². The molecule has 0 aliphatic carbocycles. The second kappa shape index (κ2) is 31.4. The number of hydrogen-bond donors (Lipinski definition) is 1. The molecule has 0 spiro atoms. The molecule has 1 N–H and O–H groups in total. The largest absolute Gasteiger partial charge is 0.481 e. The van der Waals surface area contributed by atoms with E-state index in [1.165, 1.54) is 57.8 Å². The van der Waals surface area contributed by atoms with E-state index >= 15 is 0 Å². The van der Waals surface area contributed by atoms with Crippen LogP contribution < -0.4 is 0 Å². The molecule has 1 unspecified atom stereocenters. The summed E-state index contributed by atoms with van der Waals surface area (Å²) in [5, 5.41) is 8.74. The highest BCUT2D eigenvalue weighted by molar-refractivity contribution is 5.69. The maximum absolute atomic E-state index is 12.5. The molecule has 0 rings (SSSR count). The van der Waals surface area contributed by atoms with Gasteiger partial charge in [0, 0.05) is 12.8 Å². The predicted octanol–water partition coefficient (Wildman–Crippen LogP) is 11.2. The fourth-order valence-electron chi connectivity index (χ4n) is 4.58. The molecular weight excluding hydrogens is 496 g/mol. The smallest absolute Gasteiger partial charge is 0.306 e. The van der Waals surface area contributed by atoms with Gasteiger partial charge < -0.3 is 9.84 Å². The van der Waals surface area contributed by atoms with Crippen molar-refractivity contribution < 1.29 is 19.4 Å². The third-order valence-electron chi connectivity index (χ3n) is 7.02. The van der Waals surface area contributed by atoms with Gasteiger partial charge in [-0.05, 0) is 76.7 Å². The van der Waals surface area contributed by atoms with Crippen molar-refractivity contribution in [3.63, 3.8) is 0 Å². The lowest BCUT2D eigenvalue weighted by molar-refractivity contribution is -0.147. The number of esters is 1. The van der Waals surface area contributed by atoms with Gasteiger partial charge in [0.1, 0.15) is 6.10 Å². The molecule has 0 radical (unpaired) electrons. The molecule has 4 heteroatoms. The van der Waals surface area contributed by atoms with E-state index in [1.54, 1.807) is 0 Å². The van der Waals surface area contributed by atoms with Crippen molar-refractivity contribution >= 4 is 11.9 Å². The fourth-order valence-corrected chi connectivity index (χ4v) is 4.58. The molecule has 0 fully saturated rings. The Balaban J connectivity index is 4.18. The maximum atomic E-state index is 12.5. The van der Waals surface area contributed by atoms with Crippen LogP contribution in [0, 0.1) is 0 Å². The van der Waals surface area contributed by atoms with E-state index in [-0.39, 0.29) is 18.5 Å². The highest BCUT2D eigenvalue weighted by Crippen LogP contribution is 2.15. The van der Waals surface area contributed by atoms with Crippen molar-refractivity contribution in [1.29, 1.82) is 0 Å². The highest BCUT2D eigenvalue weighted by atomic mass is 16.5. The molecule has 40 heavy (non-hydrogen) atoms. The van der Waals surface area contributed by atoms with Crippen molar-refractivity contribution in [3.8, 4) is 0 Å². The monoisotopic (exact) mass is 558 g/mol. The Hall–Kier alpha value is -2.10. The molecule has 0 amide bonds. The zero-order chi connectivity index (χ0) is 29.4. The summed E-state index contributed by atoms with van der Waals surface area (Å²) in [6.07, 6.45) is 41.3. The topological polar surface area (TPSA) is 63.6 Å². The van der Waals surface area contributed by atoms with Crippen LogP contribution in [0.3, 0.4) is 0 Å². The highest BCUT2D eigenvalue weighted by Gasteiger charge is 2.11. The summed E-state index contributed by atoms with van der Waals surface area (Å²) in [4.78, 5) is 23.1. The van der Waals surface area contributed by atoms with Crippen molar-refractivity contribution in [3.05, 3.63) is 48.6 Å². The fraction of sp³-hybridized carbons (Fsp3) is 0.722. The quantitative estimate of drug-likeness (QED) is 0.0563. The van der Waals surface area contributed by atoms with Crippen molar-refractivity contribution in [2.24, 2.45) is 0 Å². The van der Waals surface area contributed by atoms with Crippen molar-refractivity contribution in [1.82, 2.24) is 0 Å². The SMILES string of the molecule is CC/C=C\C/C=C\C/C=C\C(CCCCCCCCC(=O)O)OC(=O)CCCCCCC/C=C\CCCCCC. The van der Waals surface area contributed by atoms with Gasteiger partial charge in [0.2, 0.25) is 0 Å². The van der Waals surface area contributed by atoms with Gasteiger partial charge >= 0.3 is 11.9 Å². The molecule has 1 atom stereocenters. The molecule has 0 aromatic carbocycles. The second-order valence-electron chi connectivity index (χ2n) is 11.0. The van der Waals surface area contributed by atoms with Gasteiger partial charge in [-0.3, -0.25) is 9.59 Å². The molecule has 4 nitrogen and oxygen atoms in total. The molecule has 0 saturated heterocycles. The third kappa shape index (κ3) is 30.4. The van der Waals surface area contributed by atoms with Crippen LogP contribution in [0.2, 0.25) is 0 Å². The molecule has 0 heterocycles. The lowest BCUT2D eigenvalue weighted by atomic mass is 10.1. The third-order valence-corrected chi connectivity index (χ3v) is 7.02. The Bertz CT molecular complexity index is 689. The average Bonchev–Trinajstić information content (AvgIpc) is 2.93. The summed E-state index contributed by atoms with van der Waals surface area (Å²) in [6, 6.07) is 0. The van der Waals surface area contributed by atoms with E-state index in [4.69, 9.17) is 9.84 Å². The van der Waals surface area contributed by atoms with E-state index in [1.807, 2.05) is 0 Å². The number of carbonyl (C=O) groups excluding carboxylic acids is 1. The molecule has 0 bridgehead atoms. The summed E-state index contributed by atoms with van der Waals surface area (Å²) in [7, 11) is 0. The lowest BCUT2D eigenvalue weighted by Crippen LogP contribution is -2.16. The summed E-state index contributed by atoms with van der Waals surface area (Å²) in [5.74, 6) is -0.783. The summed E-state index contributed by atoms with van der Waals surface area (Å²) >= 11 is 0. The van der Waals surface area contributed by atoms with Crippen LogP contribution >= 0.6 is 0 Å². The Morgan fingerprint density at radius 3 is 1.75 bits per heavy atom. The first kappa shape index (κ1) is 37.9. The number of carboxylic acids is 1. The first-order valence-corrected chi connectivity index (χ1v) is 16.6. The number of unbranched alkanes of at least 4 members (excludes halogenated alkanes) is 14. The minimum Gasteiger partial charge on any atom is -0.481 e. The minimum absolute atomic E-state index is 0.0745. The van der Waals surface area contributed by atoms with Crippen LogP contribution in [0.5, 0.6) is 0 Å². The first-order chi connectivity index (χ1) is 19.6. The Labute approximate surface area is 247 Å². The molecule has 0 saturated carbocycles. The van der Waals surface area contributed by atoms with E-state index in [9.17, 15) is 9.59 Å². The standard InChI is InChI=1S/C36H62O4/c1-3-5-7-9-11-13-14-15-16-17-19-25-29-33-36(39)40-34(30-26-22-18-12-10-8-6-4-2)31-27-23-20-21-24-28-32-35(37)38/h6,8,12-14,18,26,30,34H,3-5,7,9-11,15-17,19-25,27-29,31-33H2,1-2H3,(H,37,38)/b8-6-,14-13-,18-12-,30-26-. The van der Waals surface area contributed by atoms with Gasteiger partial charge in [0.05, 0.1) is 0 Å². The first-order valence-electron chi connectivity index (χ1n) is 16.6. The zero-order valence-corrected chi connectivity index (χ0v) is 26.1. The molecule has 0 aliphatic heterocycles. The van der Waals surface area contributed by atoms with Crippen LogP contribution in [-0.2, 0) is 14.3 Å². The number of allylic oxidation sites excluding steroid dienone is 7. The number of ether oxygens (including phenoxy) is 1. The lowest BCUT2D eigenvalue weighted by Gasteiger charge is -2.14. The van der Waals surface area contributed by atoms with Crippen molar-refractivity contribution in [2.45, 2.75) is 168 Å². The van der Waals surface area contributed by atoms with Gasteiger partial charge in [0.15, 0.2) is 0 Å². The minimum atomic E-state index is -0.708. The van der Waals surface area contributed by atoms with E-state index in [0.29, 0.717) is 6.42 Å². The number of carboxylic acid groups (broad SMARTS) is 1. The molecule has 0 aromatic rings. The summed E-state index contributed by atoms with van der Waals surface area (Å²) < 4.78 is 5.85. The maximum Gasteiger partial charge on any atom is 0.306 e. The van der Waals surface area contributed by atoms with Gasteiger partial charge in [-0.15, -0.1) is 0 Å².